The molecule has 1 saturated heterocycles. The lowest BCUT2D eigenvalue weighted by Gasteiger charge is -2.34. The molecule has 0 unspecified atom stereocenters. The van der Waals surface area contributed by atoms with E-state index in [1.54, 1.807) is 18.2 Å². The highest BCUT2D eigenvalue weighted by atomic mass is 35.5. The SMILES string of the molecule is CCC(=O)c1ccc(-c2cc(S(=O)(=O)N(C)C)cnc2N2CCC(Oc3ccc(Cl)cc3)CC2)cc1. The molecule has 0 N–H and O–H groups in total. The number of aromatic nitrogens is 1. The van der Waals surface area contributed by atoms with Crippen LogP contribution < -0.4 is 9.64 Å². The molecule has 0 radical (unpaired) electrons. The van der Waals surface area contributed by atoms with Gasteiger partial charge in [-0.05, 0) is 35.9 Å². The molecule has 0 spiro atoms. The number of benzene rings is 2. The maximum absolute atomic E-state index is 12.8. The number of anilines is 1. The molecule has 36 heavy (non-hydrogen) atoms. The molecule has 4 rings (SSSR count). The lowest BCUT2D eigenvalue weighted by atomic mass is 10.0. The summed E-state index contributed by atoms with van der Waals surface area (Å²) in [5.74, 6) is 1.57. The quantitative estimate of drug-likeness (QED) is 0.370. The maximum atomic E-state index is 12.8. The fourth-order valence-electron chi connectivity index (χ4n) is 4.19. The third-order valence-corrected chi connectivity index (χ3v) is 8.35. The topological polar surface area (TPSA) is 79.8 Å². The molecular weight excluding hydrogens is 498 g/mol. The van der Waals surface area contributed by atoms with Crippen molar-refractivity contribution in [1.82, 2.24) is 9.29 Å². The lowest BCUT2D eigenvalue weighted by molar-refractivity contribution is 0.0988. The molecule has 0 amide bonds. The van der Waals surface area contributed by atoms with E-state index in [1.807, 2.05) is 43.3 Å². The van der Waals surface area contributed by atoms with Crippen LogP contribution in [0.1, 0.15) is 36.5 Å². The third kappa shape index (κ3) is 5.72. The molecule has 1 fully saturated rings. The zero-order valence-electron chi connectivity index (χ0n) is 20.6. The van der Waals surface area contributed by atoms with Crippen molar-refractivity contribution >= 4 is 33.2 Å². The van der Waals surface area contributed by atoms with Crippen LogP contribution in [0.25, 0.3) is 11.1 Å². The summed E-state index contributed by atoms with van der Waals surface area (Å²) >= 11 is 5.97. The minimum atomic E-state index is -3.66. The second-order valence-electron chi connectivity index (χ2n) is 8.94. The number of rotatable bonds is 8. The van der Waals surface area contributed by atoms with Gasteiger partial charge in [0.15, 0.2) is 5.78 Å². The number of piperidine rings is 1. The summed E-state index contributed by atoms with van der Waals surface area (Å²) in [5, 5.41) is 0.669. The van der Waals surface area contributed by atoms with Gasteiger partial charge in [-0.15, -0.1) is 0 Å². The molecule has 0 aliphatic carbocycles. The van der Waals surface area contributed by atoms with Gasteiger partial charge in [-0.3, -0.25) is 4.79 Å². The van der Waals surface area contributed by atoms with E-state index >= 15 is 0 Å². The van der Waals surface area contributed by atoms with Crippen molar-refractivity contribution in [2.45, 2.75) is 37.2 Å². The second kappa shape index (κ2) is 11.0. The Bertz CT molecular complexity index is 1320. The number of nitrogens with zero attached hydrogens (tertiary/aromatic N) is 3. The number of ketones is 1. The summed E-state index contributed by atoms with van der Waals surface area (Å²) in [7, 11) is -0.659. The molecular formula is C27H30ClN3O4S. The Labute approximate surface area is 217 Å². The highest BCUT2D eigenvalue weighted by molar-refractivity contribution is 7.89. The van der Waals surface area contributed by atoms with Gasteiger partial charge in [0.2, 0.25) is 10.0 Å². The summed E-state index contributed by atoms with van der Waals surface area (Å²) in [5.41, 5.74) is 2.15. The number of halogens is 1. The fourth-order valence-corrected chi connectivity index (χ4v) is 5.19. The molecule has 190 valence electrons. The number of pyridine rings is 1. The first kappa shape index (κ1) is 26.1. The number of hydrogen-bond acceptors (Lipinski definition) is 6. The maximum Gasteiger partial charge on any atom is 0.244 e. The molecule has 9 heteroatoms. The highest BCUT2D eigenvalue weighted by Gasteiger charge is 2.26. The molecule has 1 aromatic heterocycles. The van der Waals surface area contributed by atoms with Gasteiger partial charge in [-0.25, -0.2) is 17.7 Å². The van der Waals surface area contributed by atoms with Crippen molar-refractivity contribution < 1.29 is 17.9 Å². The van der Waals surface area contributed by atoms with E-state index in [4.69, 9.17) is 16.3 Å². The summed E-state index contributed by atoms with van der Waals surface area (Å²) in [6.45, 7) is 3.25. The van der Waals surface area contributed by atoms with Crippen LogP contribution in [-0.4, -0.2) is 56.8 Å². The van der Waals surface area contributed by atoms with Crippen LogP contribution in [0.15, 0.2) is 65.7 Å². The molecule has 0 bridgehead atoms. The number of hydrogen-bond donors (Lipinski definition) is 0. The second-order valence-corrected chi connectivity index (χ2v) is 11.5. The average Bonchev–Trinajstić information content (AvgIpc) is 2.89. The summed E-state index contributed by atoms with van der Waals surface area (Å²) in [6, 6.07) is 16.3. The van der Waals surface area contributed by atoms with Gasteiger partial charge in [0, 0.05) is 68.8 Å². The molecule has 1 aliphatic rings. The largest absolute Gasteiger partial charge is 0.490 e. The number of carbonyl (C=O) groups excluding carboxylic acids is 1. The average molecular weight is 528 g/mol. The van der Waals surface area contributed by atoms with Crippen LogP contribution >= 0.6 is 11.6 Å². The number of Topliss-reactive ketones (excluding diaryl/α,β-unsaturated/α-hetero) is 1. The molecule has 0 saturated carbocycles. The van der Waals surface area contributed by atoms with Crippen LogP contribution in [0.2, 0.25) is 5.02 Å². The first-order valence-electron chi connectivity index (χ1n) is 11.9. The summed E-state index contributed by atoms with van der Waals surface area (Å²) in [6.07, 6.45) is 3.50. The van der Waals surface area contributed by atoms with Crippen LogP contribution in [0, 0.1) is 0 Å². The van der Waals surface area contributed by atoms with E-state index in [9.17, 15) is 13.2 Å². The Balaban J connectivity index is 1.61. The molecule has 3 aromatic rings. The van der Waals surface area contributed by atoms with E-state index in [1.165, 1.54) is 24.6 Å². The van der Waals surface area contributed by atoms with E-state index in [2.05, 4.69) is 9.88 Å². The Morgan fingerprint density at radius 3 is 2.31 bits per heavy atom. The van der Waals surface area contributed by atoms with Crippen LogP contribution in [0.4, 0.5) is 5.82 Å². The Kier molecular flexibility index (Phi) is 7.97. The minimum Gasteiger partial charge on any atom is -0.490 e. The minimum absolute atomic E-state index is 0.0617. The monoisotopic (exact) mass is 527 g/mol. The van der Waals surface area contributed by atoms with Gasteiger partial charge in [-0.2, -0.15) is 0 Å². The molecule has 0 atom stereocenters. The van der Waals surface area contributed by atoms with Gasteiger partial charge < -0.3 is 9.64 Å². The number of carbonyl (C=O) groups is 1. The molecule has 2 aromatic carbocycles. The Morgan fingerprint density at radius 2 is 1.72 bits per heavy atom. The summed E-state index contributed by atoms with van der Waals surface area (Å²) in [4.78, 5) is 19.0. The van der Waals surface area contributed by atoms with Crippen LogP contribution in [0.5, 0.6) is 5.75 Å². The van der Waals surface area contributed by atoms with E-state index in [0.717, 1.165) is 24.2 Å². The predicted molar refractivity (Wildman–Crippen MR) is 142 cm³/mol. The number of ether oxygens (including phenoxy) is 1. The van der Waals surface area contributed by atoms with Crippen molar-refractivity contribution in [2.24, 2.45) is 0 Å². The van der Waals surface area contributed by atoms with Gasteiger partial charge in [-0.1, -0.05) is 42.8 Å². The van der Waals surface area contributed by atoms with E-state index < -0.39 is 10.0 Å². The third-order valence-electron chi connectivity index (χ3n) is 6.32. The fraction of sp³-hybridized carbons (Fsp3) is 0.333. The van der Waals surface area contributed by atoms with Gasteiger partial charge in [0.05, 0.1) is 0 Å². The Morgan fingerprint density at radius 1 is 1.08 bits per heavy atom. The van der Waals surface area contributed by atoms with Gasteiger partial charge >= 0.3 is 0 Å². The van der Waals surface area contributed by atoms with Gasteiger partial charge in [0.25, 0.3) is 0 Å². The standard InChI is InChI=1S/C27H30ClN3O4S/c1-4-26(32)20-7-5-19(6-8-20)25-17-24(36(33,34)30(2)3)18-29-27(25)31-15-13-23(14-16-31)35-22-11-9-21(28)10-12-22/h5-12,17-18,23H,4,13-16H2,1-3H3. The first-order chi connectivity index (χ1) is 17.2. The normalized spacial score (nSPS) is 14.8. The van der Waals surface area contributed by atoms with Crippen molar-refractivity contribution in [1.29, 1.82) is 0 Å². The van der Waals surface area contributed by atoms with Crippen LogP contribution in [-0.2, 0) is 10.0 Å². The van der Waals surface area contributed by atoms with Crippen LogP contribution in [0.3, 0.4) is 0 Å². The zero-order valence-corrected chi connectivity index (χ0v) is 22.2. The predicted octanol–water partition coefficient (Wildman–Crippen LogP) is 5.29. The highest BCUT2D eigenvalue weighted by Crippen LogP contribution is 2.34. The van der Waals surface area contributed by atoms with E-state index in [0.29, 0.717) is 41.5 Å². The zero-order chi connectivity index (χ0) is 25.9. The van der Waals surface area contributed by atoms with Crippen molar-refractivity contribution in [3.05, 3.63) is 71.4 Å². The number of sulfonamides is 1. The van der Waals surface area contributed by atoms with Crippen molar-refractivity contribution in [3.63, 3.8) is 0 Å². The van der Waals surface area contributed by atoms with Gasteiger partial charge in [0.1, 0.15) is 22.6 Å². The molecule has 2 heterocycles. The molecule has 1 aliphatic heterocycles. The Hall–Kier alpha value is -2.94. The summed E-state index contributed by atoms with van der Waals surface area (Å²) < 4.78 is 33.0. The molecule has 7 nitrogen and oxygen atoms in total. The van der Waals surface area contributed by atoms with Crippen molar-refractivity contribution in [3.8, 4) is 16.9 Å². The lowest BCUT2D eigenvalue weighted by Crippen LogP contribution is -2.39. The first-order valence-corrected chi connectivity index (χ1v) is 13.7. The smallest absolute Gasteiger partial charge is 0.244 e. The van der Waals surface area contributed by atoms with Crippen molar-refractivity contribution in [2.75, 3.05) is 32.1 Å². The van der Waals surface area contributed by atoms with E-state index in [-0.39, 0.29) is 16.8 Å².